The van der Waals surface area contributed by atoms with Crippen molar-refractivity contribution in [2.45, 2.75) is 43.3 Å². The minimum atomic E-state index is -0.239. The number of halogens is 1. The molecule has 4 rings (SSSR count). The fourth-order valence-corrected chi connectivity index (χ4v) is 4.63. The first-order chi connectivity index (χ1) is 14.7. The van der Waals surface area contributed by atoms with Crippen LogP contribution >= 0.6 is 23.4 Å². The Kier molecular flexibility index (Phi) is 6.41. The van der Waals surface area contributed by atoms with E-state index in [2.05, 4.69) is 26.2 Å². The van der Waals surface area contributed by atoms with Crippen molar-refractivity contribution in [3.8, 4) is 17.7 Å². The van der Waals surface area contributed by atoms with Crippen molar-refractivity contribution in [1.82, 2.24) is 14.8 Å². The van der Waals surface area contributed by atoms with Crippen LogP contribution in [0.5, 0.6) is 0 Å². The molecule has 0 bridgehead atoms. The lowest BCUT2D eigenvalue weighted by atomic mass is 9.95. The van der Waals surface area contributed by atoms with Gasteiger partial charge in [-0.05, 0) is 43.2 Å². The van der Waals surface area contributed by atoms with Crippen LogP contribution in [0.15, 0.2) is 46.2 Å². The third kappa shape index (κ3) is 4.53. The number of amides is 1. The van der Waals surface area contributed by atoms with E-state index in [1.165, 1.54) is 18.2 Å². The summed E-state index contributed by atoms with van der Waals surface area (Å²) in [4.78, 5) is 12.5. The SMILES string of the molecule is N#Cc1ccc(Cl)cc1NC(=O)CSc1nnc(-c2ccco2)n1C1CCCCC1. The number of nitrogens with zero attached hydrogens (tertiary/aromatic N) is 4. The molecule has 1 amide bonds. The van der Waals surface area contributed by atoms with Crippen LogP contribution in [0.1, 0.15) is 43.7 Å². The number of hydrogen-bond donors (Lipinski definition) is 1. The molecule has 0 atom stereocenters. The van der Waals surface area contributed by atoms with Crippen molar-refractivity contribution in [3.63, 3.8) is 0 Å². The van der Waals surface area contributed by atoms with Gasteiger partial charge in [-0.15, -0.1) is 10.2 Å². The maximum Gasteiger partial charge on any atom is 0.234 e. The van der Waals surface area contributed by atoms with E-state index >= 15 is 0 Å². The lowest BCUT2D eigenvalue weighted by molar-refractivity contribution is -0.113. The van der Waals surface area contributed by atoms with Gasteiger partial charge in [-0.3, -0.25) is 9.36 Å². The molecule has 154 valence electrons. The first kappa shape index (κ1) is 20.5. The van der Waals surface area contributed by atoms with Crippen molar-refractivity contribution in [2.24, 2.45) is 0 Å². The molecule has 0 radical (unpaired) electrons. The molecule has 9 heteroatoms. The standard InChI is InChI=1S/C21H20ClN5O2S/c22-15-9-8-14(12-23)17(11-15)24-19(28)13-30-21-26-25-20(18-7-4-10-29-18)27(21)16-5-2-1-3-6-16/h4,7-11,16H,1-3,5-6,13H2,(H,24,28). The van der Waals surface area contributed by atoms with E-state index in [1.807, 2.05) is 12.1 Å². The third-order valence-corrected chi connectivity index (χ3v) is 6.23. The Bertz CT molecular complexity index is 1070. The molecule has 2 aromatic heterocycles. The summed E-state index contributed by atoms with van der Waals surface area (Å²) >= 11 is 7.32. The predicted molar refractivity (Wildman–Crippen MR) is 115 cm³/mol. The molecule has 7 nitrogen and oxygen atoms in total. The van der Waals surface area contributed by atoms with Crippen LogP contribution < -0.4 is 5.32 Å². The van der Waals surface area contributed by atoms with Gasteiger partial charge in [0.1, 0.15) is 6.07 Å². The van der Waals surface area contributed by atoms with Crippen molar-refractivity contribution in [2.75, 3.05) is 11.1 Å². The highest BCUT2D eigenvalue weighted by Crippen LogP contribution is 2.35. The number of benzene rings is 1. The zero-order valence-electron chi connectivity index (χ0n) is 16.2. The summed E-state index contributed by atoms with van der Waals surface area (Å²) in [6.07, 6.45) is 7.29. The summed E-state index contributed by atoms with van der Waals surface area (Å²) in [5, 5.41) is 21.8. The maximum atomic E-state index is 12.5. The van der Waals surface area contributed by atoms with Gasteiger partial charge >= 0.3 is 0 Å². The number of carbonyl (C=O) groups excluding carboxylic acids is 1. The molecule has 1 fully saturated rings. The van der Waals surface area contributed by atoms with Gasteiger partial charge in [0.15, 0.2) is 10.9 Å². The van der Waals surface area contributed by atoms with Crippen molar-refractivity contribution in [1.29, 1.82) is 5.26 Å². The number of aromatic nitrogens is 3. The average molecular weight is 442 g/mol. The molecular formula is C21H20ClN5O2S. The molecule has 1 N–H and O–H groups in total. The summed E-state index contributed by atoms with van der Waals surface area (Å²) in [5.74, 6) is 1.26. The highest BCUT2D eigenvalue weighted by atomic mass is 35.5. The topological polar surface area (TPSA) is 96.7 Å². The lowest BCUT2D eigenvalue weighted by Gasteiger charge is -2.25. The van der Waals surface area contributed by atoms with E-state index < -0.39 is 0 Å². The number of carbonyl (C=O) groups is 1. The molecule has 0 saturated heterocycles. The molecule has 1 aliphatic rings. The van der Waals surface area contributed by atoms with Gasteiger partial charge in [0.05, 0.1) is 23.3 Å². The van der Waals surface area contributed by atoms with E-state index in [0.717, 1.165) is 25.7 Å². The molecule has 2 heterocycles. The first-order valence-corrected chi connectivity index (χ1v) is 11.1. The van der Waals surface area contributed by atoms with Crippen molar-refractivity contribution in [3.05, 3.63) is 47.2 Å². The van der Waals surface area contributed by atoms with Crippen LogP contribution in [0.3, 0.4) is 0 Å². The minimum absolute atomic E-state index is 0.139. The van der Waals surface area contributed by atoms with Gasteiger partial charge in [-0.2, -0.15) is 5.26 Å². The zero-order valence-corrected chi connectivity index (χ0v) is 17.7. The van der Waals surface area contributed by atoms with Crippen LogP contribution in [-0.2, 0) is 4.79 Å². The Hall–Kier alpha value is -2.76. The van der Waals surface area contributed by atoms with Gasteiger partial charge in [-0.1, -0.05) is 42.6 Å². The van der Waals surface area contributed by atoms with Crippen LogP contribution in [0.2, 0.25) is 5.02 Å². The summed E-state index contributed by atoms with van der Waals surface area (Å²) in [6.45, 7) is 0. The van der Waals surface area contributed by atoms with E-state index in [1.54, 1.807) is 24.5 Å². The Morgan fingerprint density at radius 3 is 2.87 bits per heavy atom. The van der Waals surface area contributed by atoms with Gasteiger partial charge in [-0.25, -0.2) is 0 Å². The van der Waals surface area contributed by atoms with Crippen molar-refractivity contribution >= 4 is 35.0 Å². The number of nitriles is 1. The average Bonchev–Trinajstić information content (AvgIpc) is 3.43. The lowest BCUT2D eigenvalue weighted by Crippen LogP contribution is -2.17. The summed E-state index contributed by atoms with van der Waals surface area (Å²) in [7, 11) is 0. The first-order valence-electron chi connectivity index (χ1n) is 9.77. The van der Waals surface area contributed by atoms with E-state index in [4.69, 9.17) is 16.0 Å². The van der Waals surface area contributed by atoms with E-state index in [0.29, 0.717) is 33.0 Å². The summed E-state index contributed by atoms with van der Waals surface area (Å²) in [5.41, 5.74) is 0.767. The number of thioether (sulfide) groups is 1. The Balaban J connectivity index is 1.51. The largest absolute Gasteiger partial charge is 0.461 e. The van der Waals surface area contributed by atoms with Crippen LogP contribution in [0.4, 0.5) is 5.69 Å². The summed E-state index contributed by atoms with van der Waals surface area (Å²) < 4.78 is 7.66. The normalized spacial score (nSPS) is 14.4. The molecule has 0 unspecified atom stereocenters. The fraction of sp³-hybridized carbons (Fsp3) is 0.333. The van der Waals surface area contributed by atoms with Crippen LogP contribution in [0, 0.1) is 11.3 Å². The molecule has 1 saturated carbocycles. The highest BCUT2D eigenvalue weighted by Gasteiger charge is 2.25. The number of hydrogen-bond acceptors (Lipinski definition) is 6. The van der Waals surface area contributed by atoms with Gasteiger partial charge in [0.2, 0.25) is 11.7 Å². The van der Waals surface area contributed by atoms with Gasteiger partial charge in [0, 0.05) is 11.1 Å². The third-order valence-electron chi connectivity index (χ3n) is 5.05. The Morgan fingerprint density at radius 2 is 2.13 bits per heavy atom. The second kappa shape index (κ2) is 9.37. The fourth-order valence-electron chi connectivity index (χ4n) is 3.65. The monoisotopic (exact) mass is 441 g/mol. The zero-order chi connectivity index (χ0) is 20.9. The molecule has 1 aromatic carbocycles. The van der Waals surface area contributed by atoms with Gasteiger partial charge < -0.3 is 9.73 Å². The number of furan rings is 1. The molecule has 0 spiro atoms. The van der Waals surface area contributed by atoms with Gasteiger partial charge in [0.25, 0.3) is 0 Å². The van der Waals surface area contributed by atoms with Crippen LogP contribution in [-0.4, -0.2) is 26.4 Å². The second-order valence-corrected chi connectivity index (χ2v) is 8.46. The highest BCUT2D eigenvalue weighted by molar-refractivity contribution is 7.99. The number of anilines is 1. The second-order valence-electron chi connectivity index (χ2n) is 7.08. The van der Waals surface area contributed by atoms with Crippen LogP contribution in [0.25, 0.3) is 11.6 Å². The quantitative estimate of drug-likeness (QED) is 0.521. The number of nitrogens with one attached hydrogen (secondary N) is 1. The molecular weight excluding hydrogens is 422 g/mol. The smallest absolute Gasteiger partial charge is 0.234 e. The summed E-state index contributed by atoms with van der Waals surface area (Å²) in [6, 6.07) is 10.8. The Morgan fingerprint density at radius 1 is 1.30 bits per heavy atom. The Labute approximate surface area is 183 Å². The molecule has 3 aromatic rings. The minimum Gasteiger partial charge on any atom is -0.461 e. The number of rotatable bonds is 6. The van der Waals surface area contributed by atoms with Crippen molar-refractivity contribution < 1.29 is 9.21 Å². The molecule has 30 heavy (non-hydrogen) atoms. The predicted octanol–water partition coefficient (Wildman–Crippen LogP) is 5.30. The molecule has 1 aliphatic carbocycles. The molecule has 0 aliphatic heterocycles. The van der Waals surface area contributed by atoms with E-state index in [-0.39, 0.29) is 17.7 Å². The maximum absolute atomic E-state index is 12.5. The van der Waals surface area contributed by atoms with E-state index in [9.17, 15) is 10.1 Å².